The highest BCUT2D eigenvalue weighted by Gasteiger charge is 2.42. The van der Waals surface area contributed by atoms with E-state index in [2.05, 4.69) is 4.72 Å². The van der Waals surface area contributed by atoms with E-state index >= 15 is 0 Å². The highest BCUT2D eigenvalue weighted by atomic mass is 32.2. The molecule has 1 aromatic carbocycles. The first-order valence-corrected chi connectivity index (χ1v) is 7.13. The zero-order chi connectivity index (χ0) is 14.3. The molecule has 0 spiro atoms. The molecule has 8 heteroatoms. The van der Waals surface area contributed by atoms with Gasteiger partial charge >= 0.3 is 0 Å². The lowest BCUT2D eigenvalue weighted by Gasteiger charge is -2.14. The van der Waals surface area contributed by atoms with Crippen LogP contribution in [0.2, 0.25) is 0 Å². The molecule has 2 rings (SSSR count). The van der Waals surface area contributed by atoms with Gasteiger partial charge in [0.2, 0.25) is 10.0 Å². The van der Waals surface area contributed by atoms with Crippen LogP contribution in [0.1, 0.15) is 12.8 Å². The Morgan fingerprint density at radius 2 is 2.00 bits per heavy atom. The van der Waals surface area contributed by atoms with Crippen LogP contribution in [0.5, 0.6) is 0 Å². The molecule has 0 amide bonds. The normalized spacial score (nSPS) is 17.4. The van der Waals surface area contributed by atoms with E-state index in [9.17, 15) is 17.2 Å². The van der Waals surface area contributed by atoms with Crippen LogP contribution in [0.15, 0.2) is 17.0 Å². The van der Waals surface area contributed by atoms with Gasteiger partial charge < -0.3 is 10.8 Å². The number of hydrogen-bond donors (Lipinski definition) is 3. The SMILES string of the molecule is Nc1cc(F)c(F)c(S(=O)(=O)NCC2(CO)CC2)c1. The van der Waals surface area contributed by atoms with Crippen molar-refractivity contribution in [3.8, 4) is 0 Å². The minimum atomic E-state index is -4.20. The molecule has 0 saturated heterocycles. The van der Waals surface area contributed by atoms with Crippen LogP contribution in [0.25, 0.3) is 0 Å². The Balaban J connectivity index is 2.25. The van der Waals surface area contributed by atoms with Crippen LogP contribution < -0.4 is 10.5 Å². The number of anilines is 1. The minimum absolute atomic E-state index is 0.0122. The number of benzene rings is 1. The summed E-state index contributed by atoms with van der Waals surface area (Å²) in [6, 6.07) is 1.57. The maximum atomic E-state index is 13.5. The first-order valence-electron chi connectivity index (χ1n) is 5.65. The molecule has 1 aliphatic rings. The maximum Gasteiger partial charge on any atom is 0.243 e. The monoisotopic (exact) mass is 292 g/mol. The summed E-state index contributed by atoms with van der Waals surface area (Å²) in [6.45, 7) is -0.162. The summed E-state index contributed by atoms with van der Waals surface area (Å²) < 4.78 is 52.6. The predicted molar refractivity (Wildman–Crippen MR) is 64.7 cm³/mol. The van der Waals surface area contributed by atoms with E-state index in [0.29, 0.717) is 18.9 Å². The fourth-order valence-electron chi connectivity index (χ4n) is 1.67. The molecule has 0 heterocycles. The predicted octanol–water partition coefficient (Wildman–Crippen LogP) is 0.598. The molecule has 0 bridgehead atoms. The molecule has 5 nitrogen and oxygen atoms in total. The minimum Gasteiger partial charge on any atom is -0.399 e. The van der Waals surface area contributed by atoms with Gasteiger partial charge in [-0.15, -0.1) is 0 Å². The molecule has 0 unspecified atom stereocenters. The van der Waals surface area contributed by atoms with Gasteiger partial charge in [-0.1, -0.05) is 0 Å². The second-order valence-corrected chi connectivity index (χ2v) is 6.53. The van der Waals surface area contributed by atoms with Crippen LogP contribution in [0, 0.1) is 17.0 Å². The molecule has 106 valence electrons. The van der Waals surface area contributed by atoms with E-state index in [1.807, 2.05) is 0 Å². The number of nitrogen functional groups attached to an aromatic ring is 1. The summed E-state index contributed by atoms with van der Waals surface area (Å²) in [7, 11) is -4.20. The second-order valence-electron chi connectivity index (χ2n) is 4.80. The van der Waals surface area contributed by atoms with Gasteiger partial charge in [0.05, 0.1) is 0 Å². The summed E-state index contributed by atoms with van der Waals surface area (Å²) in [4.78, 5) is -0.821. The molecule has 0 radical (unpaired) electrons. The summed E-state index contributed by atoms with van der Waals surface area (Å²) in [5.74, 6) is -2.78. The number of halogens is 2. The van der Waals surface area contributed by atoms with Crippen molar-refractivity contribution in [3.05, 3.63) is 23.8 Å². The van der Waals surface area contributed by atoms with Crippen LogP contribution in [-0.2, 0) is 10.0 Å². The Morgan fingerprint density at radius 3 is 2.53 bits per heavy atom. The van der Waals surface area contributed by atoms with E-state index < -0.39 is 32.0 Å². The number of hydrogen-bond acceptors (Lipinski definition) is 4. The Hall–Kier alpha value is -1.25. The third-order valence-corrected chi connectivity index (χ3v) is 4.64. The first kappa shape index (κ1) is 14.2. The van der Waals surface area contributed by atoms with Crippen molar-refractivity contribution in [3.63, 3.8) is 0 Å². The lowest BCUT2D eigenvalue weighted by Crippen LogP contribution is -2.32. The molecule has 0 atom stereocenters. The number of nitrogens with one attached hydrogen (secondary N) is 1. The Labute approximate surface area is 109 Å². The average molecular weight is 292 g/mol. The zero-order valence-electron chi connectivity index (χ0n) is 9.99. The highest BCUT2D eigenvalue weighted by Crippen LogP contribution is 2.44. The third-order valence-electron chi connectivity index (χ3n) is 3.24. The van der Waals surface area contributed by atoms with Crippen LogP contribution in [-0.4, -0.2) is 26.7 Å². The fourth-order valence-corrected chi connectivity index (χ4v) is 2.95. The van der Waals surface area contributed by atoms with E-state index in [0.717, 1.165) is 6.07 Å². The van der Waals surface area contributed by atoms with Crippen molar-refractivity contribution in [2.24, 2.45) is 5.41 Å². The lowest BCUT2D eigenvalue weighted by atomic mass is 10.1. The van der Waals surface area contributed by atoms with E-state index in [1.165, 1.54) is 0 Å². The van der Waals surface area contributed by atoms with Crippen molar-refractivity contribution in [2.75, 3.05) is 18.9 Å². The Kier molecular flexibility index (Phi) is 3.50. The molecule has 1 aromatic rings. The van der Waals surface area contributed by atoms with Gasteiger partial charge in [-0.05, 0) is 25.0 Å². The van der Waals surface area contributed by atoms with E-state index in [4.69, 9.17) is 10.8 Å². The quantitative estimate of drug-likeness (QED) is 0.693. The van der Waals surface area contributed by atoms with Gasteiger partial charge in [-0.3, -0.25) is 0 Å². The summed E-state index contributed by atoms with van der Waals surface area (Å²) in [5.41, 5.74) is 4.66. The van der Waals surface area contributed by atoms with Crippen molar-refractivity contribution < 1.29 is 22.3 Å². The third kappa shape index (κ3) is 2.85. The van der Waals surface area contributed by atoms with Gasteiger partial charge in [0.25, 0.3) is 0 Å². The van der Waals surface area contributed by atoms with E-state index in [1.54, 1.807) is 0 Å². The first-order chi connectivity index (χ1) is 8.80. The molecule has 1 fully saturated rings. The van der Waals surface area contributed by atoms with Crippen molar-refractivity contribution in [1.82, 2.24) is 4.72 Å². The smallest absolute Gasteiger partial charge is 0.243 e. The zero-order valence-corrected chi connectivity index (χ0v) is 10.8. The number of aliphatic hydroxyl groups excluding tert-OH is 1. The molecule has 1 aliphatic carbocycles. The van der Waals surface area contributed by atoms with Crippen molar-refractivity contribution in [2.45, 2.75) is 17.7 Å². The summed E-state index contributed by atoms with van der Waals surface area (Å²) in [5, 5.41) is 9.08. The summed E-state index contributed by atoms with van der Waals surface area (Å²) in [6.07, 6.45) is 1.39. The summed E-state index contributed by atoms with van der Waals surface area (Å²) >= 11 is 0. The molecule has 0 aromatic heterocycles. The largest absolute Gasteiger partial charge is 0.399 e. The van der Waals surface area contributed by atoms with Gasteiger partial charge in [0.1, 0.15) is 4.90 Å². The van der Waals surface area contributed by atoms with Gasteiger partial charge in [-0.25, -0.2) is 21.9 Å². The molecular weight excluding hydrogens is 278 g/mol. The lowest BCUT2D eigenvalue weighted by molar-refractivity contribution is 0.213. The van der Waals surface area contributed by atoms with Crippen LogP contribution in [0.4, 0.5) is 14.5 Å². The number of sulfonamides is 1. The van der Waals surface area contributed by atoms with Crippen molar-refractivity contribution >= 4 is 15.7 Å². The molecule has 19 heavy (non-hydrogen) atoms. The number of aliphatic hydroxyl groups is 1. The van der Waals surface area contributed by atoms with Crippen LogP contribution >= 0.6 is 0 Å². The molecule has 4 N–H and O–H groups in total. The Morgan fingerprint density at radius 1 is 1.37 bits per heavy atom. The maximum absolute atomic E-state index is 13.5. The standard InChI is InChI=1S/C11H14F2N2O3S/c12-8-3-7(14)4-9(10(8)13)19(17,18)15-5-11(6-16)1-2-11/h3-4,15-16H,1-2,5-6,14H2. The Bertz CT molecular complexity index is 600. The number of rotatable bonds is 5. The van der Waals surface area contributed by atoms with Gasteiger partial charge in [-0.2, -0.15) is 0 Å². The molecule has 0 aliphatic heterocycles. The number of nitrogens with two attached hydrogens (primary N) is 1. The van der Waals surface area contributed by atoms with Crippen molar-refractivity contribution in [1.29, 1.82) is 0 Å². The second kappa shape index (κ2) is 4.69. The topological polar surface area (TPSA) is 92.4 Å². The fraction of sp³-hybridized carbons (Fsp3) is 0.455. The van der Waals surface area contributed by atoms with Crippen LogP contribution in [0.3, 0.4) is 0 Å². The molecular formula is C11H14F2N2O3S. The highest BCUT2D eigenvalue weighted by molar-refractivity contribution is 7.89. The van der Waals surface area contributed by atoms with Gasteiger partial charge in [0, 0.05) is 24.3 Å². The van der Waals surface area contributed by atoms with E-state index in [-0.39, 0.29) is 18.8 Å². The average Bonchev–Trinajstić information content (AvgIpc) is 3.12. The van der Waals surface area contributed by atoms with Gasteiger partial charge in [0.15, 0.2) is 11.6 Å². The molecule has 1 saturated carbocycles.